The van der Waals surface area contributed by atoms with Crippen LogP contribution in [0.2, 0.25) is 0 Å². The van der Waals surface area contributed by atoms with E-state index in [0.29, 0.717) is 23.2 Å². The van der Waals surface area contributed by atoms with Crippen molar-refractivity contribution in [2.24, 2.45) is 5.92 Å². The Morgan fingerprint density at radius 3 is 2.21 bits per heavy atom. The third-order valence-electron chi connectivity index (χ3n) is 4.37. The first-order valence-corrected chi connectivity index (χ1v) is 9.32. The molecule has 0 aromatic heterocycles. The van der Waals surface area contributed by atoms with Crippen molar-refractivity contribution in [3.63, 3.8) is 0 Å². The monoisotopic (exact) mass is 383 g/mol. The van der Waals surface area contributed by atoms with Gasteiger partial charge in [-0.25, -0.2) is 0 Å². The molecule has 0 saturated heterocycles. The number of carbonyl (C=O) groups is 1. The largest absolute Gasteiger partial charge is 0.493 e. The zero-order chi connectivity index (χ0) is 20.5. The molecular weight excluding hydrogens is 354 g/mol. The van der Waals surface area contributed by atoms with Gasteiger partial charge >= 0.3 is 0 Å². The van der Waals surface area contributed by atoms with Crippen molar-refractivity contribution in [2.75, 3.05) is 21.3 Å². The third kappa shape index (κ3) is 5.52. The summed E-state index contributed by atoms with van der Waals surface area (Å²) in [7, 11) is 4.68. The summed E-state index contributed by atoms with van der Waals surface area (Å²) in [5, 5.41) is 3.10. The minimum absolute atomic E-state index is 0.0364. The molecule has 1 N–H and O–H groups in total. The van der Waals surface area contributed by atoms with E-state index >= 15 is 0 Å². The molecule has 0 fully saturated rings. The smallest absolute Gasteiger partial charge is 0.244 e. The van der Waals surface area contributed by atoms with Crippen molar-refractivity contribution in [1.29, 1.82) is 0 Å². The molecule has 150 valence electrons. The van der Waals surface area contributed by atoms with Gasteiger partial charge in [-0.05, 0) is 36.1 Å². The standard InChI is InChI=1S/C23H29NO4/c1-16(2)15-19(17-9-7-6-8-10-17)24-21(25)14-12-18-11-13-20(26-3)23(28-5)22(18)27-4/h6-14,16,19H,15H2,1-5H3,(H,24,25)/b14-12+/t19-/m1/s1. The molecular formula is C23H29NO4. The second-order valence-electron chi connectivity index (χ2n) is 6.86. The lowest BCUT2D eigenvalue weighted by Gasteiger charge is -2.20. The molecule has 1 amide bonds. The number of hydrogen-bond donors (Lipinski definition) is 1. The molecule has 1 atom stereocenters. The van der Waals surface area contributed by atoms with Crippen LogP contribution in [-0.4, -0.2) is 27.2 Å². The Kier molecular flexibility index (Phi) is 7.93. The van der Waals surface area contributed by atoms with Crippen LogP contribution in [0.25, 0.3) is 6.08 Å². The van der Waals surface area contributed by atoms with Crippen LogP contribution in [0.1, 0.15) is 37.4 Å². The van der Waals surface area contributed by atoms with E-state index < -0.39 is 0 Å². The summed E-state index contributed by atoms with van der Waals surface area (Å²) >= 11 is 0. The Labute approximate surface area is 167 Å². The summed E-state index contributed by atoms with van der Waals surface area (Å²) in [5.74, 6) is 1.89. The van der Waals surface area contributed by atoms with Gasteiger partial charge in [0, 0.05) is 11.6 Å². The zero-order valence-corrected chi connectivity index (χ0v) is 17.2. The maximum atomic E-state index is 12.6. The molecule has 0 radical (unpaired) electrons. The summed E-state index contributed by atoms with van der Waals surface area (Å²) in [6.45, 7) is 4.29. The molecule has 0 aliphatic rings. The molecule has 0 unspecified atom stereocenters. The topological polar surface area (TPSA) is 56.8 Å². The Morgan fingerprint density at radius 2 is 1.64 bits per heavy atom. The number of carbonyl (C=O) groups excluding carboxylic acids is 1. The highest BCUT2D eigenvalue weighted by Gasteiger charge is 2.16. The van der Waals surface area contributed by atoms with E-state index in [1.807, 2.05) is 36.4 Å². The summed E-state index contributed by atoms with van der Waals surface area (Å²) in [6.07, 6.45) is 4.09. The van der Waals surface area contributed by atoms with Gasteiger partial charge in [0.15, 0.2) is 11.5 Å². The number of hydrogen-bond acceptors (Lipinski definition) is 4. The van der Waals surface area contributed by atoms with Crippen molar-refractivity contribution < 1.29 is 19.0 Å². The van der Waals surface area contributed by atoms with Crippen molar-refractivity contribution in [2.45, 2.75) is 26.3 Å². The predicted octanol–water partition coefficient (Wildman–Crippen LogP) is 4.63. The number of amides is 1. The quantitative estimate of drug-likeness (QED) is 0.642. The second kappa shape index (κ2) is 10.4. The van der Waals surface area contributed by atoms with Gasteiger partial charge in [0.1, 0.15) is 0 Å². The number of benzene rings is 2. The van der Waals surface area contributed by atoms with Crippen LogP contribution < -0.4 is 19.5 Å². The van der Waals surface area contributed by atoms with E-state index in [4.69, 9.17) is 14.2 Å². The molecule has 0 spiro atoms. The van der Waals surface area contributed by atoms with Gasteiger partial charge < -0.3 is 19.5 Å². The van der Waals surface area contributed by atoms with E-state index in [1.54, 1.807) is 33.5 Å². The molecule has 0 heterocycles. The molecule has 0 aliphatic carbocycles. The van der Waals surface area contributed by atoms with Gasteiger partial charge in [-0.1, -0.05) is 44.2 Å². The molecule has 2 aromatic carbocycles. The molecule has 5 nitrogen and oxygen atoms in total. The summed E-state index contributed by atoms with van der Waals surface area (Å²) in [4.78, 5) is 12.6. The fourth-order valence-corrected chi connectivity index (χ4v) is 3.08. The van der Waals surface area contributed by atoms with Gasteiger partial charge in [-0.2, -0.15) is 0 Å². The highest BCUT2D eigenvalue weighted by atomic mass is 16.5. The first-order valence-electron chi connectivity index (χ1n) is 9.32. The van der Waals surface area contributed by atoms with E-state index in [9.17, 15) is 4.79 Å². The molecule has 28 heavy (non-hydrogen) atoms. The van der Waals surface area contributed by atoms with Gasteiger partial charge in [-0.3, -0.25) is 4.79 Å². The fraction of sp³-hybridized carbons (Fsp3) is 0.348. The van der Waals surface area contributed by atoms with E-state index in [-0.39, 0.29) is 11.9 Å². The summed E-state index contributed by atoms with van der Waals surface area (Å²) < 4.78 is 16.1. The van der Waals surface area contributed by atoms with E-state index in [2.05, 4.69) is 19.2 Å². The molecule has 0 aliphatic heterocycles. The molecule has 5 heteroatoms. The highest BCUT2D eigenvalue weighted by Crippen LogP contribution is 2.40. The zero-order valence-electron chi connectivity index (χ0n) is 17.2. The maximum absolute atomic E-state index is 12.6. The minimum Gasteiger partial charge on any atom is -0.493 e. The van der Waals surface area contributed by atoms with Gasteiger partial charge in [0.2, 0.25) is 11.7 Å². The van der Waals surface area contributed by atoms with Crippen LogP contribution in [0, 0.1) is 5.92 Å². The number of nitrogens with one attached hydrogen (secondary N) is 1. The van der Waals surface area contributed by atoms with Crippen molar-refractivity contribution in [3.05, 3.63) is 59.7 Å². The number of ether oxygens (including phenoxy) is 3. The normalized spacial score (nSPS) is 12.1. The minimum atomic E-state index is -0.161. The van der Waals surface area contributed by atoms with Gasteiger partial charge in [0.05, 0.1) is 27.4 Å². The molecule has 0 saturated carbocycles. The predicted molar refractivity (Wildman–Crippen MR) is 112 cm³/mol. The highest BCUT2D eigenvalue weighted by molar-refractivity contribution is 5.92. The van der Waals surface area contributed by atoms with E-state index in [0.717, 1.165) is 17.5 Å². The van der Waals surface area contributed by atoms with Gasteiger partial charge in [-0.15, -0.1) is 0 Å². The first kappa shape index (κ1) is 21.4. The third-order valence-corrected chi connectivity index (χ3v) is 4.37. The molecule has 2 aromatic rings. The Balaban J connectivity index is 2.20. The van der Waals surface area contributed by atoms with Crippen molar-refractivity contribution in [3.8, 4) is 17.2 Å². The summed E-state index contributed by atoms with van der Waals surface area (Å²) in [5.41, 5.74) is 1.83. The second-order valence-corrected chi connectivity index (χ2v) is 6.86. The van der Waals surface area contributed by atoms with Crippen LogP contribution in [0.3, 0.4) is 0 Å². The molecule has 2 rings (SSSR count). The van der Waals surface area contributed by atoms with Crippen LogP contribution >= 0.6 is 0 Å². The Hall–Kier alpha value is -2.95. The fourth-order valence-electron chi connectivity index (χ4n) is 3.08. The van der Waals surface area contributed by atoms with Crippen LogP contribution in [-0.2, 0) is 4.79 Å². The lowest BCUT2D eigenvalue weighted by Crippen LogP contribution is -2.27. The maximum Gasteiger partial charge on any atom is 0.244 e. The lowest BCUT2D eigenvalue weighted by atomic mass is 9.97. The number of rotatable bonds is 9. The van der Waals surface area contributed by atoms with Crippen LogP contribution in [0.5, 0.6) is 17.2 Å². The number of methoxy groups -OCH3 is 3. The average molecular weight is 383 g/mol. The summed E-state index contributed by atoms with van der Waals surface area (Å²) in [6, 6.07) is 13.6. The van der Waals surface area contributed by atoms with Crippen LogP contribution in [0.4, 0.5) is 0 Å². The Morgan fingerprint density at radius 1 is 0.964 bits per heavy atom. The average Bonchev–Trinajstić information content (AvgIpc) is 2.71. The van der Waals surface area contributed by atoms with Crippen molar-refractivity contribution in [1.82, 2.24) is 5.32 Å². The van der Waals surface area contributed by atoms with Crippen LogP contribution in [0.15, 0.2) is 48.5 Å². The van der Waals surface area contributed by atoms with Crippen molar-refractivity contribution >= 4 is 12.0 Å². The SMILES string of the molecule is COc1ccc(/C=C/C(=O)N[C@H](CC(C)C)c2ccccc2)c(OC)c1OC. The Bertz CT molecular complexity index is 800. The molecule has 0 bridgehead atoms. The van der Waals surface area contributed by atoms with Gasteiger partial charge in [0.25, 0.3) is 0 Å². The lowest BCUT2D eigenvalue weighted by molar-refractivity contribution is -0.117. The first-order chi connectivity index (χ1) is 13.5. The van der Waals surface area contributed by atoms with E-state index in [1.165, 1.54) is 6.08 Å².